The van der Waals surface area contributed by atoms with Gasteiger partial charge in [-0.3, -0.25) is 9.78 Å². The number of hydrogen-bond donors (Lipinski definition) is 1. The zero-order chi connectivity index (χ0) is 13.1. The first kappa shape index (κ1) is 14.7. The molecule has 1 rings (SSSR count). The largest absolute Gasteiger partial charge is 0.481 e. The first-order valence-corrected chi connectivity index (χ1v) is 6.90. The van der Waals surface area contributed by atoms with Crippen molar-refractivity contribution in [2.75, 3.05) is 0 Å². The fraction of sp³-hybridized carbons (Fsp3) is 0.600. The summed E-state index contributed by atoms with van der Waals surface area (Å²) in [4.78, 5) is 14.3. The van der Waals surface area contributed by atoms with Gasteiger partial charge in [0.1, 0.15) is 0 Å². The Morgan fingerprint density at radius 3 is 2.11 bits per heavy atom. The van der Waals surface area contributed by atoms with Gasteiger partial charge in [-0.25, -0.2) is 0 Å². The van der Waals surface area contributed by atoms with E-state index in [0.29, 0.717) is 6.42 Å². The molecule has 0 saturated heterocycles. The van der Waals surface area contributed by atoms with Crippen molar-refractivity contribution in [2.24, 2.45) is 0 Å². The van der Waals surface area contributed by atoms with Crippen molar-refractivity contribution >= 4 is 5.97 Å². The molecule has 1 N–H and O–H groups in total. The predicted octanol–water partition coefficient (Wildman–Crippen LogP) is 3.83. The summed E-state index contributed by atoms with van der Waals surface area (Å²) in [5.74, 6) is -0.674. The van der Waals surface area contributed by atoms with Gasteiger partial charge in [0.05, 0.1) is 0 Å². The second-order valence-corrected chi connectivity index (χ2v) is 4.72. The minimum atomic E-state index is -0.674. The summed E-state index contributed by atoms with van der Waals surface area (Å²) in [7, 11) is 0. The van der Waals surface area contributed by atoms with Crippen LogP contribution in [0.3, 0.4) is 0 Å². The van der Waals surface area contributed by atoms with Gasteiger partial charge in [0.25, 0.3) is 0 Å². The maximum atomic E-state index is 10.3. The second-order valence-electron chi connectivity index (χ2n) is 4.72. The molecule has 100 valence electrons. The molecule has 0 radical (unpaired) electrons. The maximum Gasteiger partial charge on any atom is 0.303 e. The predicted molar refractivity (Wildman–Crippen MR) is 72.5 cm³/mol. The van der Waals surface area contributed by atoms with Gasteiger partial charge in [0.2, 0.25) is 0 Å². The number of carboxylic acid groups (broad SMARTS) is 1. The van der Waals surface area contributed by atoms with Crippen LogP contribution in [0, 0.1) is 0 Å². The Bertz CT molecular complexity index is 325. The molecule has 3 nitrogen and oxygen atoms in total. The second kappa shape index (κ2) is 9.63. The molecule has 3 heteroatoms. The lowest BCUT2D eigenvalue weighted by Gasteiger charge is -2.02. The topological polar surface area (TPSA) is 50.2 Å². The van der Waals surface area contributed by atoms with Crippen molar-refractivity contribution in [3.05, 3.63) is 30.1 Å². The van der Waals surface area contributed by atoms with E-state index in [1.54, 1.807) is 0 Å². The van der Waals surface area contributed by atoms with Crippen molar-refractivity contribution in [1.82, 2.24) is 4.98 Å². The number of hydrogen-bond acceptors (Lipinski definition) is 2. The lowest BCUT2D eigenvalue weighted by atomic mass is 10.0. The van der Waals surface area contributed by atoms with E-state index in [4.69, 9.17) is 5.11 Å². The number of aliphatic carboxylic acids is 1. The summed E-state index contributed by atoms with van der Waals surface area (Å²) in [5.41, 5.74) is 1.37. The molecular weight excluding hydrogens is 226 g/mol. The van der Waals surface area contributed by atoms with Crippen molar-refractivity contribution in [3.63, 3.8) is 0 Å². The summed E-state index contributed by atoms with van der Waals surface area (Å²) < 4.78 is 0. The molecule has 0 bridgehead atoms. The first-order valence-electron chi connectivity index (χ1n) is 6.90. The highest BCUT2D eigenvalue weighted by Crippen LogP contribution is 2.10. The molecule has 0 saturated carbocycles. The van der Waals surface area contributed by atoms with Gasteiger partial charge in [-0.2, -0.15) is 0 Å². The standard InChI is InChI=1S/C15H23NO2/c17-15(18)9-7-5-3-1-2-4-6-8-14-10-12-16-13-11-14/h10-13H,1-9H2,(H,17,18). The molecule has 0 amide bonds. The van der Waals surface area contributed by atoms with E-state index in [9.17, 15) is 4.79 Å². The SMILES string of the molecule is O=C(O)CCCCCCCCCc1ccncc1. The highest BCUT2D eigenvalue weighted by molar-refractivity contribution is 5.66. The summed E-state index contributed by atoms with van der Waals surface area (Å²) >= 11 is 0. The summed E-state index contributed by atoms with van der Waals surface area (Å²) in [6.07, 6.45) is 13.2. The zero-order valence-electron chi connectivity index (χ0n) is 11.0. The van der Waals surface area contributed by atoms with Crippen LogP contribution in [0.15, 0.2) is 24.5 Å². The zero-order valence-corrected chi connectivity index (χ0v) is 11.0. The van der Waals surface area contributed by atoms with E-state index in [2.05, 4.69) is 17.1 Å². The van der Waals surface area contributed by atoms with Crippen molar-refractivity contribution in [1.29, 1.82) is 0 Å². The Labute approximate surface area is 109 Å². The van der Waals surface area contributed by atoms with Gasteiger partial charge in [-0.15, -0.1) is 0 Å². The molecule has 0 fully saturated rings. The molecule has 0 aliphatic carbocycles. The van der Waals surface area contributed by atoms with Gasteiger partial charge < -0.3 is 5.11 Å². The highest BCUT2D eigenvalue weighted by atomic mass is 16.4. The lowest BCUT2D eigenvalue weighted by molar-refractivity contribution is -0.137. The maximum absolute atomic E-state index is 10.3. The summed E-state index contributed by atoms with van der Waals surface area (Å²) in [6.45, 7) is 0. The Hall–Kier alpha value is -1.38. The summed E-state index contributed by atoms with van der Waals surface area (Å²) in [5, 5.41) is 8.49. The summed E-state index contributed by atoms with van der Waals surface area (Å²) in [6, 6.07) is 4.15. The van der Waals surface area contributed by atoms with Crippen molar-refractivity contribution in [2.45, 2.75) is 57.8 Å². The molecule has 1 aromatic rings. The van der Waals surface area contributed by atoms with Crippen LogP contribution in [0.1, 0.15) is 56.9 Å². The van der Waals surface area contributed by atoms with Gasteiger partial charge in [-0.1, -0.05) is 32.1 Å². The smallest absolute Gasteiger partial charge is 0.303 e. The van der Waals surface area contributed by atoms with Crippen LogP contribution < -0.4 is 0 Å². The Morgan fingerprint density at radius 1 is 0.944 bits per heavy atom. The molecule has 0 aromatic carbocycles. The number of unbranched alkanes of at least 4 members (excludes halogenated alkanes) is 6. The minimum absolute atomic E-state index is 0.321. The molecule has 18 heavy (non-hydrogen) atoms. The third-order valence-corrected chi connectivity index (χ3v) is 3.11. The van der Waals surface area contributed by atoms with Crippen LogP contribution >= 0.6 is 0 Å². The Kier molecular flexibility index (Phi) is 7.85. The Morgan fingerprint density at radius 2 is 1.50 bits per heavy atom. The molecule has 1 heterocycles. The van der Waals surface area contributed by atoms with Crippen LogP contribution in [0.25, 0.3) is 0 Å². The van der Waals surface area contributed by atoms with E-state index in [1.807, 2.05) is 12.4 Å². The van der Waals surface area contributed by atoms with E-state index in [1.165, 1.54) is 37.7 Å². The first-order chi connectivity index (χ1) is 8.79. The number of rotatable bonds is 10. The van der Waals surface area contributed by atoms with E-state index in [0.717, 1.165) is 19.3 Å². The van der Waals surface area contributed by atoms with E-state index >= 15 is 0 Å². The molecule has 0 aliphatic rings. The number of aryl methyl sites for hydroxylation is 1. The van der Waals surface area contributed by atoms with Crippen LogP contribution in [0.4, 0.5) is 0 Å². The minimum Gasteiger partial charge on any atom is -0.481 e. The van der Waals surface area contributed by atoms with Crippen molar-refractivity contribution in [3.8, 4) is 0 Å². The molecule has 0 aliphatic heterocycles. The monoisotopic (exact) mass is 249 g/mol. The lowest BCUT2D eigenvalue weighted by Crippen LogP contribution is -1.93. The fourth-order valence-corrected chi connectivity index (χ4v) is 2.04. The van der Waals surface area contributed by atoms with Gasteiger partial charge in [-0.05, 0) is 37.0 Å². The van der Waals surface area contributed by atoms with Crippen LogP contribution in [-0.2, 0) is 11.2 Å². The van der Waals surface area contributed by atoms with Crippen LogP contribution in [-0.4, -0.2) is 16.1 Å². The van der Waals surface area contributed by atoms with Gasteiger partial charge in [0.15, 0.2) is 0 Å². The third-order valence-electron chi connectivity index (χ3n) is 3.11. The van der Waals surface area contributed by atoms with Gasteiger partial charge >= 0.3 is 5.97 Å². The fourth-order valence-electron chi connectivity index (χ4n) is 2.04. The number of pyridine rings is 1. The third kappa shape index (κ3) is 7.82. The average molecular weight is 249 g/mol. The molecule has 0 spiro atoms. The molecule has 0 unspecified atom stereocenters. The quantitative estimate of drug-likeness (QED) is 0.641. The average Bonchev–Trinajstić information content (AvgIpc) is 2.37. The molecule has 1 aromatic heterocycles. The molecular formula is C15H23NO2. The van der Waals surface area contributed by atoms with Crippen LogP contribution in [0.5, 0.6) is 0 Å². The van der Waals surface area contributed by atoms with Gasteiger partial charge in [0, 0.05) is 18.8 Å². The highest BCUT2D eigenvalue weighted by Gasteiger charge is 1.97. The number of carboxylic acids is 1. The van der Waals surface area contributed by atoms with E-state index in [-0.39, 0.29) is 0 Å². The normalized spacial score (nSPS) is 10.4. The van der Waals surface area contributed by atoms with Crippen molar-refractivity contribution < 1.29 is 9.90 Å². The number of nitrogens with zero attached hydrogens (tertiary/aromatic N) is 1. The molecule has 0 atom stereocenters. The Balaban J connectivity index is 1.86. The van der Waals surface area contributed by atoms with Crippen LogP contribution in [0.2, 0.25) is 0 Å². The number of carbonyl (C=O) groups is 1. The number of aromatic nitrogens is 1. The van der Waals surface area contributed by atoms with E-state index < -0.39 is 5.97 Å².